The number of tetrazole rings is 1. The number of piperazine rings is 1. The predicted molar refractivity (Wildman–Crippen MR) is 147 cm³/mol. The molecule has 1 atom stereocenters. The molecule has 0 bridgehead atoms. The maximum absolute atomic E-state index is 5.42. The van der Waals surface area contributed by atoms with Crippen LogP contribution in [-0.2, 0) is 0 Å². The van der Waals surface area contributed by atoms with E-state index >= 15 is 0 Å². The van der Waals surface area contributed by atoms with Crippen molar-refractivity contribution in [1.82, 2.24) is 30.0 Å². The van der Waals surface area contributed by atoms with Crippen LogP contribution < -0.4 is 4.74 Å². The van der Waals surface area contributed by atoms with Crippen LogP contribution in [0.5, 0.6) is 5.75 Å². The summed E-state index contributed by atoms with van der Waals surface area (Å²) in [5.74, 6) is 1.67. The highest BCUT2D eigenvalue weighted by Gasteiger charge is 2.31. The van der Waals surface area contributed by atoms with E-state index in [1.807, 2.05) is 22.9 Å². The second kappa shape index (κ2) is 11.5. The second-order valence-corrected chi connectivity index (χ2v) is 9.51. The van der Waals surface area contributed by atoms with Crippen molar-refractivity contribution in [2.24, 2.45) is 0 Å². The molecule has 190 valence electrons. The number of methoxy groups -OCH3 is 1. The van der Waals surface area contributed by atoms with Crippen LogP contribution >= 0.6 is 0 Å². The summed E-state index contributed by atoms with van der Waals surface area (Å²) in [5.41, 5.74) is 5.74. The molecule has 0 aliphatic carbocycles. The van der Waals surface area contributed by atoms with Gasteiger partial charge in [0, 0.05) is 32.7 Å². The van der Waals surface area contributed by atoms with Crippen LogP contribution in [0.25, 0.3) is 11.8 Å². The second-order valence-electron chi connectivity index (χ2n) is 9.51. The van der Waals surface area contributed by atoms with Crippen LogP contribution in [-0.4, -0.2) is 69.8 Å². The van der Waals surface area contributed by atoms with Crippen molar-refractivity contribution in [2.45, 2.75) is 19.9 Å². The number of aryl methyl sites for hydroxylation is 2. The van der Waals surface area contributed by atoms with Gasteiger partial charge in [-0.3, -0.25) is 9.80 Å². The number of aromatic nitrogens is 4. The Labute approximate surface area is 219 Å². The Morgan fingerprint density at radius 2 is 1.57 bits per heavy atom. The number of hydrogen-bond donors (Lipinski definition) is 0. The smallest absolute Gasteiger partial charge is 0.178 e. The molecule has 7 heteroatoms. The van der Waals surface area contributed by atoms with Crippen LogP contribution in [0.2, 0.25) is 0 Å². The molecule has 5 rings (SSSR count). The van der Waals surface area contributed by atoms with Gasteiger partial charge in [0.25, 0.3) is 0 Å². The lowest BCUT2D eigenvalue weighted by Crippen LogP contribution is -2.48. The number of hydrogen-bond acceptors (Lipinski definition) is 6. The number of para-hydroxylation sites is 1. The van der Waals surface area contributed by atoms with Crippen molar-refractivity contribution in [3.63, 3.8) is 0 Å². The molecule has 1 aromatic heterocycles. The fraction of sp³-hybridized carbons (Fsp3) is 0.300. The molecule has 0 unspecified atom stereocenters. The minimum Gasteiger partial charge on any atom is -0.497 e. The Morgan fingerprint density at radius 3 is 2.24 bits per heavy atom. The van der Waals surface area contributed by atoms with Gasteiger partial charge in [0.15, 0.2) is 5.82 Å². The van der Waals surface area contributed by atoms with E-state index in [2.05, 4.69) is 106 Å². The number of benzene rings is 3. The fourth-order valence-electron chi connectivity index (χ4n) is 5.08. The first-order valence-corrected chi connectivity index (χ1v) is 12.8. The highest BCUT2D eigenvalue weighted by molar-refractivity contribution is 5.49. The largest absolute Gasteiger partial charge is 0.497 e. The molecular weight excluding hydrogens is 460 g/mol. The van der Waals surface area contributed by atoms with Crippen LogP contribution in [0.15, 0.2) is 78.9 Å². The molecule has 0 N–H and O–H groups in total. The summed E-state index contributed by atoms with van der Waals surface area (Å²) >= 11 is 0. The Bertz CT molecular complexity index is 1300. The molecule has 0 saturated carbocycles. The van der Waals surface area contributed by atoms with Gasteiger partial charge in [-0.15, -0.1) is 5.10 Å². The van der Waals surface area contributed by atoms with E-state index in [4.69, 9.17) is 4.74 Å². The normalized spacial score (nSPS) is 15.8. The van der Waals surface area contributed by atoms with Gasteiger partial charge in [-0.1, -0.05) is 72.8 Å². The van der Waals surface area contributed by atoms with Crippen LogP contribution in [0.4, 0.5) is 0 Å². The van der Waals surface area contributed by atoms with Gasteiger partial charge in [-0.25, -0.2) is 0 Å². The highest BCUT2D eigenvalue weighted by atomic mass is 16.5. The summed E-state index contributed by atoms with van der Waals surface area (Å²) in [5, 5.41) is 13.2. The zero-order chi connectivity index (χ0) is 25.6. The van der Waals surface area contributed by atoms with E-state index in [0.29, 0.717) is 0 Å². The monoisotopic (exact) mass is 494 g/mol. The highest BCUT2D eigenvalue weighted by Crippen LogP contribution is 2.31. The van der Waals surface area contributed by atoms with Gasteiger partial charge in [0.1, 0.15) is 5.75 Å². The average Bonchev–Trinajstić information content (AvgIpc) is 3.39. The van der Waals surface area contributed by atoms with Gasteiger partial charge in [0.2, 0.25) is 0 Å². The van der Waals surface area contributed by atoms with E-state index in [9.17, 15) is 0 Å². The standard InChI is InChI=1S/C30H34N6O/c1-23-9-7-10-24(2)28(23)36-30(31-32-33-36)29(26-14-16-27(37-3)17-15-26)35-21-19-34(20-22-35)18-8-13-25-11-5-4-6-12-25/h4-17,29H,18-22H2,1-3H3/t29-/m1/s1. The zero-order valence-electron chi connectivity index (χ0n) is 21.8. The fourth-order valence-corrected chi connectivity index (χ4v) is 5.08. The molecule has 0 radical (unpaired) electrons. The van der Waals surface area contributed by atoms with E-state index in [1.54, 1.807) is 7.11 Å². The van der Waals surface area contributed by atoms with Crippen molar-refractivity contribution < 1.29 is 4.74 Å². The summed E-state index contributed by atoms with van der Waals surface area (Å²) in [6, 6.07) is 25.0. The summed E-state index contributed by atoms with van der Waals surface area (Å²) in [4.78, 5) is 4.99. The lowest BCUT2D eigenvalue weighted by atomic mass is 10.0. The summed E-state index contributed by atoms with van der Waals surface area (Å²) in [6.45, 7) is 8.98. The van der Waals surface area contributed by atoms with Gasteiger partial charge in [-0.05, 0) is 58.7 Å². The Balaban J connectivity index is 1.39. The predicted octanol–water partition coefficient (Wildman–Crippen LogP) is 4.71. The first-order chi connectivity index (χ1) is 18.1. The molecule has 0 amide bonds. The van der Waals surface area contributed by atoms with E-state index < -0.39 is 0 Å². The molecule has 3 aromatic carbocycles. The van der Waals surface area contributed by atoms with E-state index in [-0.39, 0.29) is 6.04 Å². The van der Waals surface area contributed by atoms with Gasteiger partial charge < -0.3 is 4.74 Å². The minimum atomic E-state index is -0.0677. The molecule has 1 aliphatic rings. The first-order valence-electron chi connectivity index (χ1n) is 12.8. The Morgan fingerprint density at radius 1 is 0.865 bits per heavy atom. The SMILES string of the molecule is COc1ccc([C@H](c2nnnn2-c2c(C)cccc2C)N2CCN(CC=Cc3ccccc3)CC2)cc1. The lowest BCUT2D eigenvalue weighted by Gasteiger charge is -2.38. The molecule has 7 nitrogen and oxygen atoms in total. The third-order valence-electron chi connectivity index (χ3n) is 7.07. The van der Waals surface area contributed by atoms with Crippen molar-refractivity contribution >= 4 is 6.08 Å². The molecule has 4 aromatic rings. The summed E-state index contributed by atoms with van der Waals surface area (Å²) < 4.78 is 7.35. The van der Waals surface area contributed by atoms with Crippen molar-refractivity contribution in [2.75, 3.05) is 39.8 Å². The minimum absolute atomic E-state index is 0.0677. The first kappa shape index (κ1) is 24.9. The number of nitrogens with zero attached hydrogens (tertiary/aromatic N) is 6. The van der Waals surface area contributed by atoms with Crippen molar-refractivity contribution in [3.05, 3.63) is 107 Å². The summed E-state index contributed by atoms with van der Waals surface area (Å²) in [7, 11) is 1.69. The third kappa shape index (κ3) is 5.63. The van der Waals surface area contributed by atoms with E-state index in [0.717, 1.165) is 66.7 Å². The number of ether oxygens (including phenoxy) is 1. The molecule has 1 saturated heterocycles. The quantitative estimate of drug-likeness (QED) is 0.354. The molecule has 1 aliphatic heterocycles. The zero-order valence-corrected chi connectivity index (χ0v) is 21.8. The molecule has 1 fully saturated rings. The molecule has 0 spiro atoms. The lowest BCUT2D eigenvalue weighted by molar-refractivity contribution is 0.113. The van der Waals surface area contributed by atoms with Crippen LogP contribution in [0, 0.1) is 13.8 Å². The van der Waals surface area contributed by atoms with Crippen molar-refractivity contribution in [3.8, 4) is 11.4 Å². The average molecular weight is 495 g/mol. The van der Waals surface area contributed by atoms with Gasteiger partial charge in [-0.2, -0.15) is 4.68 Å². The third-order valence-corrected chi connectivity index (χ3v) is 7.07. The number of rotatable bonds is 8. The van der Waals surface area contributed by atoms with E-state index in [1.165, 1.54) is 5.56 Å². The molecular formula is C30H34N6O. The maximum atomic E-state index is 5.42. The van der Waals surface area contributed by atoms with Gasteiger partial charge >= 0.3 is 0 Å². The molecule has 2 heterocycles. The van der Waals surface area contributed by atoms with Crippen LogP contribution in [0.3, 0.4) is 0 Å². The Kier molecular flexibility index (Phi) is 7.73. The Hall–Kier alpha value is -3.81. The van der Waals surface area contributed by atoms with Crippen LogP contribution in [0.1, 0.15) is 34.1 Å². The van der Waals surface area contributed by atoms with Crippen molar-refractivity contribution in [1.29, 1.82) is 0 Å². The topological polar surface area (TPSA) is 59.3 Å². The van der Waals surface area contributed by atoms with Gasteiger partial charge in [0.05, 0.1) is 18.8 Å². The maximum Gasteiger partial charge on any atom is 0.178 e. The summed E-state index contributed by atoms with van der Waals surface area (Å²) in [6.07, 6.45) is 4.46. The molecule has 37 heavy (non-hydrogen) atoms.